The maximum atomic E-state index is 13.2. The van der Waals surface area contributed by atoms with E-state index in [4.69, 9.17) is 4.74 Å². The molecule has 0 amide bonds. The predicted octanol–water partition coefficient (Wildman–Crippen LogP) is 5.02. The zero-order valence-corrected chi connectivity index (χ0v) is 17.5. The SMILES string of the molecule is CC(C)COc1ccc2nc(NS(=O)(=O)c3ccccc3C(F)(F)F)sc2c1C#N. The normalized spacial score (nSPS) is 12.2. The molecule has 0 fully saturated rings. The van der Waals surface area contributed by atoms with Gasteiger partial charge in [-0.1, -0.05) is 37.3 Å². The van der Waals surface area contributed by atoms with Gasteiger partial charge in [0.1, 0.15) is 17.4 Å². The number of aromatic nitrogens is 1. The second-order valence-electron chi connectivity index (χ2n) is 6.72. The number of hydrogen-bond acceptors (Lipinski definition) is 6. The van der Waals surface area contributed by atoms with E-state index in [1.165, 1.54) is 6.07 Å². The van der Waals surface area contributed by atoms with Crippen molar-refractivity contribution in [3.05, 3.63) is 47.5 Å². The third kappa shape index (κ3) is 4.49. The van der Waals surface area contributed by atoms with Crippen LogP contribution in [0.25, 0.3) is 10.2 Å². The van der Waals surface area contributed by atoms with Gasteiger partial charge in [-0.25, -0.2) is 13.4 Å². The molecule has 1 N–H and O–H groups in total. The number of nitrogens with one attached hydrogen (secondary N) is 1. The summed E-state index contributed by atoms with van der Waals surface area (Å²) in [4.78, 5) is 3.20. The van der Waals surface area contributed by atoms with Gasteiger partial charge in [0.15, 0.2) is 5.13 Å². The lowest BCUT2D eigenvalue weighted by Crippen LogP contribution is -2.18. The summed E-state index contributed by atoms with van der Waals surface area (Å²) < 4.78 is 72.9. The molecule has 0 unspecified atom stereocenters. The monoisotopic (exact) mass is 455 g/mol. The molecule has 3 aromatic rings. The molecule has 0 atom stereocenters. The standard InChI is InChI=1S/C19H16F3N3O3S2/c1-11(2)10-28-15-8-7-14-17(12(15)9-23)29-18(24-14)25-30(26,27)16-6-4-3-5-13(16)19(20,21)22/h3-8,11H,10H2,1-2H3,(H,24,25). The molecule has 11 heteroatoms. The third-order valence-electron chi connectivity index (χ3n) is 3.91. The van der Waals surface area contributed by atoms with Crippen LogP contribution in [0.4, 0.5) is 18.3 Å². The van der Waals surface area contributed by atoms with Crippen LogP contribution in [0.3, 0.4) is 0 Å². The Kier molecular flexibility index (Phi) is 5.92. The Bertz CT molecular complexity index is 1230. The van der Waals surface area contributed by atoms with Gasteiger partial charge in [0, 0.05) is 0 Å². The fourth-order valence-electron chi connectivity index (χ4n) is 2.61. The van der Waals surface area contributed by atoms with Crippen molar-refractivity contribution in [1.29, 1.82) is 5.26 Å². The molecule has 0 saturated heterocycles. The first-order chi connectivity index (χ1) is 14.0. The van der Waals surface area contributed by atoms with Crippen molar-refractivity contribution in [3.8, 4) is 11.8 Å². The molecule has 6 nitrogen and oxygen atoms in total. The summed E-state index contributed by atoms with van der Waals surface area (Å²) in [6.07, 6.45) is -4.84. The van der Waals surface area contributed by atoms with Crippen molar-refractivity contribution < 1.29 is 26.3 Å². The quantitative estimate of drug-likeness (QED) is 0.563. The van der Waals surface area contributed by atoms with Gasteiger partial charge in [0.05, 0.1) is 27.3 Å². The largest absolute Gasteiger partial charge is 0.492 e. The number of alkyl halides is 3. The lowest BCUT2D eigenvalue weighted by molar-refractivity contribution is -0.139. The molecule has 30 heavy (non-hydrogen) atoms. The topological polar surface area (TPSA) is 92.1 Å². The van der Waals surface area contributed by atoms with E-state index in [1.807, 2.05) is 19.9 Å². The zero-order valence-electron chi connectivity index (χ0n) is 15.8. The van der Waals surface area contributed by atoms with E-state index >= 15 is 0 Å². The molecule has 1 heterocycles. The Morgan fingerprint density at radius 3 is 2.57 bits per heavy atom. The highest BCUT2D eigenvalue weighted by Gasteiger charge is 2.37. The molecule has 0 spiro atoms. The highest BCUT2D eigenvalue weighted by atomic mass is 32.2. The van der Waals surface area contributed by atoms with Gasteiger partial charge in [-0.15, -0.1) is 0 Å². The summed E-state index contributed by atoms with van der Waals surface area (Å²) in [6.45, 7) is 4.28. The molecule has 158 valence electrons. The summed E-state index contributed by atoms with van der Waals surface area (Å²) >= 11 is 0.847. The van der Waals surface area contributed by atoms with E-state index < -0.39 is 26.7 Å². The van der Waals surface area contributed by atoms with Gasteiger partial charge in [-0.05, 0) is 30.2 Å². The third-order valence-corrected chi connectivity index (χ3v) is 6.44. The number of ether oxygens (including phenoxy) is 1. The lowest BCUT2D eigenvalue weighted by Gasteiger charge is -2.13. The molecule has 0 aliphatic heterocycles. The number of sulfonamides is 1. The van der Waals surface area contributed by atoms with E-state index in [1.54, 1.807) is 12.1 Å². The van der Waals surface area contributed by atoms with Gasteiger partial charge in [-0.2, -0.15) is 18.4 Å². The van der Waals surface area contributed by atoms with Crippen LogP contribution in [0.1, 0.15) is 25.0 Å². The second kappa shape index (κ2) is 8.12. The maximum absolute atomic E-state index is 13.2. The van der Waals surface area contributed by atoms with Crippen molar-refractivity contribution >= 4 is 36.7 Å². The summed E-state index contributed by atoms with van der Waals surface area (Å²) in [7, 11) is -4.56. The Balaban J connectivity index is 2.00. The molecular weight excluding hydrogens is 439 g/mol. The summed E-state index contributed by atoms with van der Waals surface area (Å²) in [6, 6.07) is 9.01. The minimum Gasteiger partial charge on any atom is -0.492 e. The second-order valence-corrected chi connectivity index (χ2v) is 9.37. The van der Waals surface area contributed by atoms with Crippen LogP contribution in [0.15, 0.2) is 41.3 Å². The Labute approximate surface area is 175 Å². The van der Waals surface area contributed by atoms with Gasteiger partial charge >= 0.3 is 6.18 Å². The number of rotatable bonds is 6. The Hall–Kier alpha value is -2.84. The number of thiazole rings is 1. The molecule has 0 radical (unpaired) electrons. The zero-order chi connectivity index (χ0) is 22.1. The Morgan fingerprint density at radius 1 is 1.23 bits per heavy atom. The van der Waals surface area contributed by atoms with Crippen LogP contribution >= 0.6 is 11.3 Å². The van der Waals surface area contributed by atoms with Crippen LogP contribution in [0.5, 0.6) is 5.75 Å². The minimum absolute atomic E-state index is 0.153. The van der Waals surface area contributed by atoms with E-state index in [0.29, 0.717) is 28.6 Å². The van der Waals surface area contributed by atoms with Crippen molar-refractivity contribution in [2.45, 2.75) is 24.9 Å². The van der Waals surface area contributed by atoms with Gasteiger partial charge < -0.3 is 4.74 Å². The fourth-order valence-corrected chi connectivity index (χ4v) is 5.02. The molecule has 0 aliphatic carbocycles. The molecule has 1 aromatic heterocycles. The van der Waals surface area contributed by atoms with E-state index in [0.717, 1.165) is 23.5 Å². The number of hydrogen-bond donors (Lipinski definition) is 1. The first-order valence-electron chi connectivity index (χ1n) is 8.68. The predicted molar refractivity (Wildman–Crippen MR) is 107 cm³/mol. The lowest BCUT2D eigenvalue weighted by atomic mass is 10.2. The number of anilines is 1. The molecule has 2 aromatic carbocycles. The molecule has 0 aliphatic rings. The van der Waals surface area contributed by atoms with Crippen LogP contribution in [0.2, 0.25) is 0 Å². The maximum Gasteiger partial charge on any atom is 0.417 e. The molecular formula is C19H16F3N3O3S2. The number of halogens is 3. The van der Waals surface area contributed by atoms with Crippen LogP contribution < -0.4 is 9.46 Å². The molecule has 0 bridgehead atoms. The number of nitrogens with zero attached hydrogens (tertiary/aromatic N) is 2. The molecule has 0 saturated carbocycles. The minimum atomic E-state index is -4.84. The summed E-state index contributed by atoms with van der Waals surface area (Å²) in [5.74, 6) is 0.559. The summed E-state index contributed by atoms with van der Waals surface area (Å²) in [5.41, 5.74) is -0.761. The van der Waals surface area contributed by atoms with E-state index in [2.05, 4.69) is 9.71 Å². The van der Waals surface area contributed by atoms with Crippen LogP contribution in [0, 0.1) is 17.2 Å². The van der Waals surface area contributed by atoms with Crippen molar-refractivity contribution in [2.24, 2.45) is 5.92 Å². The first kappa shape index (κ1) is 21.9. The van der Waals surface area contributed by atoms with E-state index in [9.17, 15) is 26.9 Å². The smallest absolute Gasteiger partial charge is 0.417 e. The Morgan fingerprint density at radius 2 is 1.93 bits per heavy atom. The summed E-state index contributed by atoms with van der Waals surface area (Å²) in [5, 5.41) is 9.36. The van der Waals surface area contributed by atoms with Gasteiger partial charge in [-0.3, -0.25) is 4.72 Å². The average Bonchev–Trinajstić information content (AvgIpc) is 3.06. The fraction of sp³-hybridized carbons (Fsp3) is 0.263. The number of benzene rings is 2. The van der Waals surface area contributed by atoms with Gasteiger partial charge in [0.25, 0.3) is 10.0 Å². The number of nitriles is 1. The highest BCUT2D eigenvalue weighted by Crippen LogP contribution is 2.37. The molecule has 3 rings (SSSR count). The van der Waals surface area contributed by atoms with Crippen molar-refractivity contribution in [3.63, 3.8) is 0 Å². The van der Waals surface area contributed by atoms with Crippen molar-refractivity contribution in [1.82, 2.24) is 4.98 Å². The van der Waals surface area contributed by atoms with Crippen molar-refractivity contribution in [2.75, 3.05) is 11.3 Å². The van der Waals surface area contributed by atoms with Gasteiger partial charge in [0.2, 0.25) is 0 Å². The highest BCUT2D eigenvalue weighted by molar-refractivity contribution is 7.93. The van der Waals surface area contributed by atoms with Crippen LogP contribution in [-0.2, 0) is 16.2 Å². The average molecular weight is 455 g/mol. The first-order valence-corrected chi connectivity index (χ1v) is 11.0. The van der Waals surface area contributed by atoms with E-state index in [-0.39, 0.29) is 16.6 Å². The van der Waals surface area contributed by atoms with Crippen LogP contribution in [-0.4, -0.2) is 20.0 Å². The number of fused-ring (bicyclic) bond motifs is 1.